The summed E-state index contributed by atoms with van der Waals surface area (Å²) < 4.78 is 23.8. The molecule has 0 aromatic heterocycles. The maximum Gasteiger partial charge on any atom is 0.472 e. The lowest BCUT2D eigenvalue weighted by molar-refractivity contribution is -0.870. The third kappa shape index (κ3) is 60.9. The highest BCUT2D eigenvalue weighted by Gasteiger charge is 2.27. The molecule has 0 radical (unpaired) electrons. The van der Waals surface area contributed by atoms with Crippen molar-refractivity contribution in [2.24, 2.45) is 0 Å². The molecule has 0 aliphatic rings. The van der Waals surface area contributed by atoms with E-state index in [2.05, 4.69) is 104 Å². The molecule has 0 spiro atoms. The van der Waals surface area contributed by atoms with E-state index in [1.54, 1.807) is 6.08 Å². The fraction of sp³-hybridized carbons (Fsp3) is 0.750. The number of hydrogen-bond donors (Lipinski definition) is 3. The van der Waals surface area contributed by atoms with Crippen molar-refractivity contribution in [2.75, 3.05) is 40.9 Å². The second-order valence-electron chi connectivity index (χ2n) is 22.7. The second kappa shape index (κ2) is 58.1. The lowest BCUT2D eigenvalue weighted by atomic mass is 10.0. The van der Waals surface area contributed by atoms with Crippen LogP contribution in [0.2, 0.25) is 0 Å². The number of amides is 1. The van der Waals surface area contributed by atoms with Crippen molar-refractivity contribution in [2.45, 2.75) is 289 Å². The van der Waals surface area contributed by atoms with Crippen molar-refractivity contribution >= 4 is 13.7 Å². The first-order valence-corrected chi connectivity index (χ1v) is 33.6. The maximum atomic E-state index is 13.0. The summed E-state index contributed by atoms with van der Waals surface area (Å²) in [6, 6.07) is -0.874. The fourth-order valence-electron chi connectivity index (χ4n) is 9.06. The molecule has 0 rings (SSSR count). The summed E-state index contributed by atoms with van der Waals surface area (Å²) in [4.78, 5) is 23.4. The van der Waals surface area contributed by atoms with Crippen LogP contribution in [0, 0.1) is 0 Å². The van der Waals surface area contributed by atoms with E-state index >= 15 is 0 Å². The minimum absolute atomic E-state index is 0.0512. The molecule has 0 aromatic carbocycles. The molecular weight excluding hydrogens is 972 g/mol. The van der Waals surface area contributed by atoms with Crippen LogP contribution < -0.4 is 5.32 Å². The van der Waals surface area contributed by atoms with Gasteiger partial charge in [0.1, 0.15) is 13.2 Å². The number of unbranched alkanes of at least 4 members (excludes halogenated alkanes) is 31. The molecule has 3 atom stereocenters. The Morgan fingerprint density at radius 3 is 1.19 bits per heavy atom. The van der Waals surface area contributed by atoms with Gasteiger partial charge in [-0.05, 0) is 83.5 Å². The van der Waals surface area contributed by atoms with Crippen molar-refractivity contribution in [3.8, 4) is 0 Å². The molecule has 1 amide bonds. The summed E-state index contributed by atoms with van der Waals surface area (Å²) in [5.41, 5.74) is 0. The van der Waals surface area contributed by atoms with Gasteiger partial charge in [0.25, 0.3) is 0 Å². The first kappa shape index (κ1) is 74.4. The number of phosphoric ester groups is 1. The molecule has 0 saturated heterocycles. The highest BCUT2D eigenvalue weighted by atomic mass is 31.2. The molecule has 77 heavy (non-hydrogen) atoms. The predicted octanol–water partition coefficient (Wildman–Crippen LogP) is 20.2. The third-order valence-electron chi connectivity index (χ3n) is 14.0. The standard InChI is InChI=1S/C68H123N2O6P/c1-6-8-10-12-14-16-18-20-22-24-26-28-30-32-34-35-36-38-40-42-44-46-48-50-52-54-56-58-60-62-68(72)69-66(65-76-77(73,74)75-64-63-70(3,4)5)67(71)61-59-57-55-53-51-49-47-45-43-41-39-37-33-31-29-27-25-23-21-19-17-15-13-11-9-7-2/h8,10,14,16,20,22,26,28,32,34,36,38,51,53,59,61,66-67,71H,6-7,9,11-13,15,17-19,21,23-25,27,29-31,33,35,37,39-50,52,54-58,60,62-65H2,1-5H3,(H-,69,72,73,74)/p+1/b10-8-,16-14-,22-20-,28-26-,34-32-,38-36-,53-51+,61-59+. The first-order valence-electron chi connectivity index (χ1n) is 32.1. The topological polar surface area (TPSA) is 105 Å². The van der Waals surface area contributed by atoms with E-state index in [0.29, 0.717) is 17.4 Å². The monoisotopic (exact) mass is 1100 g/mol. The van der Waals surface area contributed by atoms with Crippen LogP contribution >= 0.6 is 7.82 Å². The van der Waals surface area contributed by atoms with Crippen LogP contribution in [-0.2, 0) is 18.4 Å². The highest BCUT2D eigenvalue weighted by Crippen LogP contribution is 2.43. The van der Waals surface area contributed by atoms with Crippen molar-refractivity contribution in [1.82, 2.24) is 5.32 Å². The largest absolute Gasteiger partial charge is 0.472 e. The Morgan fingerprint density at radius 1 is 0.455 bits per heavy atom. The van der Waals surface area contributed by atoms with E-state index in [-0.39, 0.29) is 19.1 Å². The van der Waals surface area contributed by atoms with Crippen LogP contribution in [0.1, 0.15) is 277 Å². The van der Waals surface area contributed by atoms with Crippen LogP contribution in [0.5, 0.6) is 0 Å². The van der Waals surface area contributed by atoms with E-state index in [0.717, 1.165) is 83.5 Å². The van der Waals surface area contributed by atoms with E-state index in [4.69, 9.17) is 9.05 Å². The van der Waals surface area contributed by atoms with Gasteiger partial charge in [0.2, 0.25) is 5.91 Å². The number of rotatable bonds is 58. The van der Waals surface area contributed by atoms with Gasteiger partial charge < -0.3 is 19.8 Å². The van der Waals surface area contributed by atoms with Crippen molar-refractivity contribution < 1.29 is 32.9 Å². The highest BCUT2D eigenvalue weighted by molar-refractivity contribution is 7.47. The lowest BCUT2D eigenvalue weighted by Gasteiger charge is -2.25. The van der Waals surface area contributed by atoms with E-state index in [1.807, 2.05) is 27.2 Å². The lowest BCUT2D eigenvalue weighted by Crippen LogP contribution is -2.45. The number of aliphatic hydroxyl groups excluding tert-OH is 1. The second-order valence-corrected chi connectivity index (χ2v) is 24.2. The molecule has 0 saturated carbocycles. The van der Waals surface area contributed by atoms with Gasteiger partial charge in [-0.3, -0.25) is 13.8 Å². The molecule has 0 aliphatic carbocycles. The van der Waals surface area contributed by atoms with Crippen molar-refractivity contribution in [3.63, 3.8) is 0 Å². The number of allylic oxidation sites excluding steroid dienone is 15. The number of aliphatic hydroxyl groups is 1. The summed E-state index contributed by atoms with van der Waals surface area (Å²) in [6.45, 7) is 4.70. The minimum Gasteiger partial charge on any atom is -0.387 e. The summed E-state index contributed by atoms with van der Waals surface area (Å²) in [7, 11) is 1.55. The van der Waals surface area contributed by atoms with Gasteiger partial charge in [-0.25, -0.2) is 4.57 Å². The molecule has 3 N–H and O–H groups in total. The van der Waals surface area contributed by atoms with Gasteiger partial charge in [-0.2, -0.15) is 0 Å². The molecule has 9 heteroatoms. The molecule has 0 aromatic rings. The van der Waals surface area contributed by atoms with Gasteiger partial charge in [-0.15, -0.1) is 0 Å². The van der Waals surface area contributed by atoms with Crippen LogP contribution in [0.25, 0.3) is 0 Å². The number of hydrogen-bond acceptors (Lipinski definition) is 5. The van der Waals surface area contributed by atoms with Gasteiger partial charge in [0.15, 0.2) is 0 Å². The normalized spacial score (nSPS) is 14.4. The molecule has 0 aliphatic heterocycles. The Kier molecular flexibility index (Phi) is 56.1. The Labute approximate surface area is 477 Å². The molecule has 3 unspecified atom stereocenters. The number of likely N-dealkylation sites (N-methyl/N-ethyl adjacent to an activating group) is 1. The third-order valence-corrected chi connectivity index (χ3v) is 15.0. The minimum atomic E-state index is -4.37. The Hall–Kier alpha value is -2.58. The molecular formula is C68H124N2O6P+. The van der Waals surface area contributed by atoms with E-state index in [9.17, 15) is 19.4 Å². The smallest absolute Gasteiger partial charge is 0.387 e. The van der Waals surface area contributed by atoms with Crippen LogP contribution in [0.3, 0.4) is 0 Å². The van der Waals surface area contributed by atoms with Gasteiger partial charge in [-0.1, -0.05) is 284 Å². The fourth-order valence-corrected chi connectivity index (χ4v) is 9.80. The molecule has 0 heterocycles. The van der Waals surface area contributed by atoms with Gasteiger partial charge >= 0.3 is 7.82 Å². The number of quaternary nitrogens is 1. The quantitative estimate of drug-likeness (QED) is 0.0243. The zero-order valence-electron chi connectivity index (χ0n) is 50.9. The van der Waals surface area contributed by atoms with Gasteiger partial charge in [0.05, 0.1) is 39.9 Å². The summed E-state index contributed by atoms with van der Waals surface area (Å²) >= 11 is 0. The molecule has 8 nitrogen and oxygen atoms in total. The Bertz CT molecular complexity index is 1570. The van der Waals surface area contributed by atoms with E-state index < -0.39 is 20.0 Å². The number of nitrogens with zero attached hydrogens (tertiary/aromatic N) is 1. The zero-order valence-corrected chi connectivity index (χ0v) is 51.8. The van der Waals surface area contributed by atoms with Crippen LogP contribution in [0.4, 0.5) is 0 Å². The summed E-state index contributed by atoms with van der Waals surface area (Å²) in [6.07, 6.45) is 83.9. The molecule has 446 valence electrons. The van der Waals surface area contributed by atoms with Crippen molar-refractivity contribution in [3.05, 3.63) is 97.2 Å². The van der Waals surface area contributed by atoms with Crippen LogP contribution in [-0.4, -0.2) is 73.4 Å². The zero-order chi connectivity index (χ0) is 56.3. The Balaban J connectivity index is 4.21. The molecule has 0 fully saturated rings. The van der Waals surface area contributed by atoms with E-state index in [1.165, 1.54) is 173 Å². The summed E-state index contributed by atoms with van der Waals surface area (Å²) in [5.74, 6) is -0.193. The number of nitrogens with one attached hydrogen (secondary N) is 1. The predicted molar refractivity (Wildman–Crippen MR) is 336 cm³/mol. The average Bonchev–Trinajstić information content (AvgIpc) is 3.39. The number of phosphoric acid groups is 1. The molecule has 0 bridgehead atoms. The SMILES string of the molecule is CC/C=C\C/C=C\C/C=C\C/C=C\C/C=C\C/C=C\CCCCCCCCCCCCC(=O)NC(COP(=O)(O)OCC[N+](C)(C)C)C(O)/C=C/CC/C=C/CCCCCCCCCCCCCCCCCCCCCC. The number of carbonyl (C=O) groups excluding carboxylic acids is 1. The van der Waals surface area contributed by atoms with Crippen molar-refractivity contribution in [1.29, 1.82) is 0 Å². The number of carbonyl (C=O) groups is 1. The average molecular weight is 1100 g/mol. The summed E-state index contributed by atoms with van der Waals surface area (Å²) in [5, 5.41) is 14.0. The van der Waals surface area contributed by atoms with Gasteiger partial charge in [0, 0.05) is 6.42 Å². The first-order chi connectivity index (χ1) is 37.5. The van der Waals surface area contributed by atoms with Crippen LogP contribution in [0.15, 0.2) is 97.2 Å². The maximum absolute atomic E-state index is 13.0. The Morgan fingerprint density at radius 2 is 0.792 bits per heavy atom.